The lowest BCUT2D eigenvalue weighted by atomic mass is 10.1. The molecule has 9 heteroatoms. The lowest BCUT2D eigenvalue weighted by molar-refractivity contribution is 0.0843. The summed E-state index contributed by atoms with van der Waals surface area (Å²) in [5.41, 5.74) is 6.23. The molecule has 2 aromatic carbocycles. The molecule has 0 fully saturated rings. The lowest BCUT2D eigenvalue weighted by Crippen LogP contribution is -2.43. The summed E-state index contributed by atoms with van der Waals surface area (Å²) in [6.07, 6.45) is 2.72. The molecule has 0 spiro atoms. The van der Waals surface area contributed by atoms with Crippen molar-refractivity contribution in [2.75, 3.05) is 7.11 Å². The number of carbonyl (C=O) groups is 2. The molecule has 0 saturated carbocycles. The molecule has 4 rings (SSSR count). The van der Waals surface area contributed by atoms with Gasteiger partial charge in [0.1, 0.15) is 5.75 Å². The van der Waals surface area contributed by atoms with Crippen LogP contribution in [-0.2, 0) is 6.54 Å². The number of nitrogens with zero attached hydrogens (tertiary/aromatic N) is 3. The van der Waals surface area contributed by atoms with Gasteiger partial charge in [-0.05, 0) is 37.6 Å². The largest absolute Gasteiger partial charge is 0.497 e. The van der Waals surface area contributed by atoms with E-state index in [1.807, 2.05) is 6.07 Å². The molecule has 0 aliphatic heterocycles. The Morgan fingerprint density at radius 3 is 2.49 bits per heavy atom. The topological polar surface area (TPSA) is 115 Å². The van der Waals surface area contributed by atoms with Gasteiger partial charge >= 0.3 is 0 Å². The van der Waals surface area contributed by atoms with Gasteiger partial charge in [-0.25, -0.2) is 4.68 Å². The van der Waals surface area contributed by atoms with Gasteiger partial charge < -0.3 is 4.74 Å². The second-order valence-corrected chi connectivity index (χ2v) is 8.22. The number of aromatic nitrogens is 3. The Morgan fingerprint density at radius 2 is 1.74 bits per heavy atom. The summed E-state index contributed by atoms with van der Waals surface area (Å²) in [7, 11) is 1.58. The molecule has 2 N–H and O–H groups in total. The molecule has 2 heterocycles. The van der Waals surface area contributed by atoms with Crippen LogP contribution in [0.25, 0.3) is 21.7 Å². The highest BCUT2D eigenvalue weighted by molar-refractivity contribution is 6.06. The molecular formula is C26H27N5O4. The van der Waals surface area contributed by atoms with E-state index in [4.69, 9.17) is 4.74 Å². The second kappa shape index (κ2) is 10.3. The first-order valence-electron chi connectivity index (χ1n) is 11.5. The maximum Gasteiger partial charge on any atom is 0.290 e. The van der Waals surface area contributed by atoms with E-state index in [0.29, 0.717) is 39.8 Å². The van der Waals surface area contributed by atoms with Gasteiger partial charge in [0, 0.05) is 23.4 Å². The number of aryl methyl sites for hydroxylation is 2. The Balaban J connectivity index is 1.58. The molecule has 0 radical (unpaired) electrons. The van der Waals surface area contributed by atoms with Crippen LogP contribution in [0, 0.1) is 6.92 Å². The number of nitrogens with one attached hydrogen (secondary N) is 2. The Hall–Kier alpha value is -4.27. The van der Waals surface area contributed by atoms with Crippen LogP contribution < -0.4 is 21.1 Å². The number of carbonyl (C=O) groups excluding carboxylic acids is 2. The van der Waals surface area contributed by atoms with Gasteiger partial charge in [0.15, 0.2) is 5.69 Å². The quantitative estimate of drug-likeness (QED) is 0.313. The van der Waals surface area contributed by atoms with Gasteiger partial charge in [-0.15, -0.1) is 0 Å². The van der Waals surface area contributed by atoms with Crippen molar-refractivity contribution in [3.63, 3.8) is 0 Å². The molecule has 180 valence electrons. The Labute approximate surface area is 202 Å². The van der Waals surface area contributed by atoms with Gasteiger partial charge in [0.25, 0.3) is 17.4 Å². The maximum absolute atomic E-state index is 13.0. The predicted octanol–water partition coefficient (Wildman–Crippen LogP) is 3.53. The van der Waals surface area contributed by atoms with Crippen LogP contribution in [0.5, 0.6) is 5.75 Å². The highest BCUT2D eigenvalue weighted by Gasteiger charge is 2.18. The van der Waals surface area contributed by atoms with Crippen molar-refractivity contribution in [3.05, 3.63) is 75.8 Å². The van der Waals surface area contributed by atoms with Crippen molar-refractivity contribution in [3.8, 4) is 5.75 Å². The zero-order valence-corrected chi connectivity index (χ0v) is 19.9. The van der Waals surface area contributed by atoms with Gasteiger partial charge in [-0.1, -0.05) is 38.0 Å². The van der Waals surface area contributed by atoms with E-state index in [9.17, 15) is 14.4 Å². The van der Waals surface area contributed by atoms with Crippen molar-refractivity contribution in [1.82, 2.24) is 25.6 Å². The third-order valence-corrected chi connectivity index (χ3v) is 5.81. The van der Waals surface area contributed by atoms with Gasteiger partial charge in [-0.3, -0.25) is 30.2 Å². The Kier molecular flexibility index (Phi) is 7.05. The predicted molar refractivity (Wildman–Crippen MR) is 133 cm³/mol. The number of pyridine rings is 1. The summed E-state index contributed by atoms with van der Waals surface area (Å²) in [4.78, 5) is 43.2. The number of fused-ring (bicyclic) bond motifs is 2. The average Bonchev–Trinajstić information content (AvgIpc) is 2.87. The minimum absolute atomic E-state index is 0.0671. The van der Waals surface area contributed by atoms with Crippen molar-refractivity contribution in [2.45, 2.75) is 39.7 Å². The maximum atomic E-state index is 13.0. The summed E-state index contributed by atoms with van der Waals surface area (Å²) >= 11 is 0. The lowest BCUT2D eigenvalue weighted by Gasteiger charge is -2.13. The first kappa shape index (κ1) is 23.9. The van der Waals surface area contributed by atoms with E-state index in [2.05, 4.69) is 27.9 Å². The summed E-state index contributed by atoms with van der Waals surface area (Å²) in [6, 6.07) is 13.9. The molecule has 2 amide bonds. The van der Waals surface area contributed by atoms with E-state index < -0.39 is 11.8 Å². The first-order chi connectivity index (χ1) is 16.9. The number of methoxy groups -OCH3 is 1. The first-order valence-corrected chi connectivity index (χ1v) is 11.5. The van der Waals surface area contributed by atoms with Gasteiger partial charge in [0.2, 0.25) is 0 Å². The minimum atomic E-state index is -0.616. The third kappa shape index (κ3) is 4.98. The normalized spacial score (nSPS) is 10.9. The van der Waals surface area contributed by atoms with E-state index in [1.165, 1.54) is 4.68 Å². The molecule has 4 aromatic rings. The van der Waals surface area contributed by atoms with Crippen molar-refractivity contribution in [1.29, 1.82) is 0 Å². The highest BCUT2D eigenvalue weighted by atomic mass is 16.5. The molecule has 0 unspecified atom stereocenters. The van der Waals surface area contributed by atoms with Crippen molar-refractivity contribution in [2.24, 2.45) is 0 Å². The third-order valence-electron chi connectivity index (χ3n) is 5.81. The van der Waals surface area contributed by atoms with E-state index >= 15 is 0 Å². The number of unbranched alkanes of at least 4 members (excludes halogenated alkanes) is 2. The number of amides is 2. The molecule has 0 aliphatic carbocycles. The number of ether oxygens (including phenoxy) is 1. The second-order valence-electron chi connectivity index (χ2n) is 8.22. The van der Waals surface area contributed by atoms with E-state index in [-0.39, 0.29) is 11.3 Å². The zero-order valence-electron chi connectivity index (χ0n) is 19.9. The average molecular weight is 474 g/mol. The summed E-state index contributed by atoms with van der Waals surface area (Å²) in [5, 5.41) is 5.91. The number of hydrogen-bond donors (Lipinski definition) is 2. The molecule has 0 bridgehead atoms. The summed E-state index contributed by atoms with van der Waals surface area (Å²) < 4.78 is 6.55. The molecule has 0 aliphatic rings. The SMILES string of the molecule is CCCCCn1nc(C(=O)NNC(=O)c2cc3ccc(OC)cc3nc2C)c2ccccc2c1=O. The number of benzene rings is 2. The zero-order chi connectivity index (χ0) is 24.9. The molecule has 35 heavy (non-hydrogen) atoms. The minimum Gasteiger partial charge on any atom is -0.497 e. The van der Waals surface area contributed by atoms with Crippen LogP contribution in [-0.4, -0.2) is 33.7 Å². The molecular weight excluding hydrogens is 446 g/mol. The monoisotopic (exact) mass is 473 g/mol. The van der Waals surface area contributed by atoms with Crippen molar-refractivity contribution >= 4 is 33.5 Å². The van der Waals surface area contributed by atoms with Gasteiger partial charge in [0.05, 0.1) is 29.3 Å². The van der Waals surface area contributed by atoms with Crippen molar-refractivity contribution < 1.29 is 14.3 Å². The summed E-state index contributed by atoms with van der Waals surface area (Å²) in [6.45, 7) is 4.20. The molecule has 9 nitrogen and oxygen atoms in total. The van der Waals surface area contributed by atoms with Crippen LogP contribution in [0.2, 0.25) is 0 Å². The fourth-order valence-corrected chi connectivity index (χ4v) is 3.91. The molecule has 0 saturated heterocycles. The Morgan fingerprint density at radius 1 is 1.00 bits per heavy atom. The highest BCUT2D eigenvalue weighted by Crippen LogP contribution is 2.21. The molecule has 0 atom stereocenters. The van der Waals surface area contributed by atoms with Crippen LogP contribution in [0.4, 0.5) is 0 Å². The van der Waals surface area contributed by atoms with E-state index in [1.54, 1.807) is 56.5 Å². The fourth-order valence-electron chi connectivity index (χ4n) is 3.91. The number of rotatable bonds is 7. The van der Waals surface area contributed by atoms with Crippen LogP contribution in [0.1, 0.15) is 52.7 Å². The van der Waals surface area contributed by atoms with Crippen LogP contribution in [0.3, 0.4) is 0 Å². The molecule has 2 aromatic heterocycles. The van der Waals surface area contributed by atoms with Crippen LogP contribution in [0.15, 0.2) is 53.3 Å². The Bertz CT molecular complexity index is 1480. The van der Waals surface area contributed by atoms with E-state index in [0.717, 1.165) is 24.6 Å². The smallest absolute Gasteiger partial charge is 0.290 e. The fraction of sp³-hybridized carbons (Fsp3) is 0.269. The summed E-state index contributed by atoms with van der Waals surface area (Å²) in [5.74, 6) is -0.457. The standard InChI is InChI=1S/C26H27N5O4/c1-4-5-8-13-31-26(34)20-10-7-6-9-19(20)23(30-31)25(33)29-28-24(32)21-14-17-11-12-18(35-3)15-22(17)27-16(21)2/h6-7,9-12,14-15H,4-5,8,13H2,1-3H3,(H,28,32)(H,29,33). The number of hydrazine groups is 1. The van der Waals surface area contributed by atoms with Gasteiger partial charge in [-0.2, -0.15) is 5.10 Å². The van der Waals surface area contributed by atoms with Crippen LogP contribution >= 0.6 is 0 Å². The number of hydrogen-bond acceptors (Lipinski definition) is 6.